The number of aromatic amines is 1. The van der Waals surface area contributed by atoms with Gasteiger partial charge in [0.2, 0.25) is 11.8 Å². The van der Waals surface area contributed by atoms with Crippen LogP contribution in [-0.4, -0.2) is 53.2 Å². The minimum Gasteiger partial charge on any atom is -0.477 e. The van der Waals surface area contributed by atoms with Crippen LogP contribution in [0.25, 0.3) is 33.4 Å². The smallest absolute Gasteiger partial charge is 0.388 e. The monoisotopic (exact) mass is 479 g/mol. The minimum atomic E-state index is -2.98. The molecule has 0 aliphatic carbocycles. The standard InChI is InChI=1S/C19H18F2N6O2.CH5NOS/c1-10-13(18-27(24-10)7-4-8-28-18)15-14(11-5-3-6-22-16(11)23-15)12-9-26(2)25-17(12)29-19(20)21;1-4(2)3/h3,5-6,9,19H,4,7-8H2,1-2H3,(H,22,23);2H2,1H3. The van der Waals surface area contributed by atoms with Crippen LogP contribution in [0.2, 0.25) is 0 Å². The zero-order chi connectivity index (χ0) is 23.7. The largest absolute Gasteiger partial charge is 0.477 e. The van der Waals surface area contributed by atoms with Crippen molar-refractivity contribution >= 4 is 22.0 Å². The van der Waals surface area contributed by atoms with Crippen molar-refractivity contribution in [1.82, 2.24) is 29.5 Å². The van der Waals surface area contributed by atoms with Crippen molar-refractivity contribution in [3.05, 3.63) is 30.2 Å². The molecule has 3 N–H and O–H groups in total. The number of halogens is 2. The topological polar surface area (TPSA) is 126 Å². The molecule has 5 rings (SSSR count). The number of fused-ring (bicyclic) bond motifs is 2. The first-order valence-electron chi connectivity index (χ1n) is 10.00. The van der Waals surface area contributed by atoms with E-state index in [4.69, 9.17) is 9.47 Å². The van der Waals surface area contributed by atoms with E-state index in [0.717, 1.165) is 29.6 Å². The predicted octanol–water partition coefficient (Wildman–Crippen LogP) is 2.76. The Kier molecular flexibility index (Phi) is 6.42. The van der Waals surface area contributed by atoms with Gasteiger partial charge in [0.25, 0.3) is 0 Å². The highest BCUT2D eigenvalue weighted by Crippen LogP contribution is 2.45. The highest BCUT2D eigenvalue weighted by atomic mass is 32.2. The molecule has 13 heteroatoms. The third-order valence-electron chi connectivity index (χ3n) is 4.92. The number of pyridine rings is 1. The fourth-order valence-electron chi connectivity index (χ4n) is 3.83. The van der Waals surface area contributed by atoms with Crippen LogP contribution in [0.15, 0.2) is 24.5 Å². The van der Waals surface area contributed by atoms with Crippen LogP contribution in [0, 0.1) is 6.92 Å². The Hall–Kier alpha value is -3.32. The second-order valence-corrected chi connectivity index (χ2v) is 8.36. The zero-order valence-electron chi connectivity index (χ0n) is 18.2. The number of aryl methyl sites for hydroxylation is 3. The van der Waals surface area contributed by atoms with Crippen LogP contribution >= 0.6 is 0 Å². The van der Waals surface area contributed by atoms with Gasteiger partial charge in [0, 0.05) is 49.6 Å². The first-order valence-corrected chi connectivity index (χ1v) is 11.6. The quantitative estimate of drug-likeness (QED) is 0.464. The molecule has 1 unspecified atom stereocenters. The summed E-state index contributed by atoms with van der Waals surface area (Å²) in [5.41, 5.74) is 3.98. The van der Waals surface area contributed by atoms with Crippen LogP contribution in [0.3, 0.4) is 0 Å². The molecule has 4 aromatic heterocycles. The molecule has 0 fully saturated rings. The molecule has 0 radical (unpaired) electrons. The number of hydrogen-bond donors (Lipinski definition) is 2. The fourth-order valence-corrected chi connectivity index (χ4v) is 3.83. The normalized spacial score (nSPS) is 13.9. The molecule has 1 atom stereocenters. The average Bonchev–Trinajstić information content (AvgIpc) is 3.38. The summed E-state index contributed by atoms with van der Waals surface area (Å²) < 4.78 is 49.2. The van der Waals surface area contributed by atoms with Gasteiger partial charge in [-0.25, -0.2) is 13.9 Å². The Morgan fingerprint density at radius 3 is 2.82 bits per heavy atom. The number of rotatable bonds is 4. The molecular formula is C20H23F2N7O3S. The zero-order valence-corrected chi connectivity index (χ0v) is 19.0. The van der Waals surface area contributed by atoms with Crippen molar-refractivity contribution in [2.45, 2.75) is 26.5 Å². The number of hydrogen-bond acceptors (Lipinski definition) is 6. The van der Waals surface area contributed by atoms with Crippen LogP contribution in [0.1, 0.15) is 12.1 Å². The molecule has 0 bridgehead atoms. The molecular weight excluding hydrogens is 456 g/mol. The molecule has 0 amide bonds. The molecule has 0 saturated heterocycles. The number of nitrogens with zero attached hydrogens (tertiary/aromatic N) is 5. The third kappa shape index (κ3) is 4.59. The van der Waals surface area contributed by atoms with E-state index in [1.54, 1.807) is 25.5 Å². The first-order chi connectivity index (χ1) is 15.8. The van der Waals surface area contributed by atoms with Crippen LogP contribution in [-0.2, 0) is 24.6 Å². The van der Waals surface area contributed by atoms with Crippen molar-refractivity contribution in [1.29, 1.82) is 0 Å². The predicted molar refractivity (Wildman–Crippen MR) is 119 cm³/mol. The average molecular weight is 480 g/mol. The lowest BCUT2D eigenvalue weighted by molar-refractivity contribution is -0.0527. The van der Waals surface area contributed by atoms with Gasteiger partial charge in [0.05, 0.1) is 40.1 Å². The Labute approximate surface area is 190 Å². The van der Waals surface area contributed by atoms with Gasteiger partial charge in [0.15, 0.2) is 0 Å². The van der Waals surface area contributed by atoms with Crippen LogP contribution in [0.4, 0.5) is 8.78 Å². The van der Waals surface area contributed by atoms with E-state index in [1.807, 2.05) is 17.7 Å². The van der Waals surface area contributed by atoms with Gasteiger partial charge in [-0.2, -0.15) is 13.9 Å². The maximum Gasteiger partial charge on any atom is 0.388 e. The van der Waals surface area contributed by atoms with E-state index in [0.29, 0.717) is 35.0 Å². The van der Waals surface area contributed by atoms with Gasteiger partial charge in [-0.05, 0) is 19.1 Å². The van der Waals surface area contributed by atoms with Crippen LogP contribution < -0.4 is 14.6 Å². The second kappa shape index (κ2) is 9.27. The van der Waals surface area contributed by atoms with Crippen molar-refractivity contribution < 1.29 is 22.5 Å². The molecule has 33 heavy (non-hydrogen) atoms. The molecule has 4 aromatic rings. The lowest BCUT2D eigenvalue weighted by Crippen LogP contribution is -2.15. The molecule has 5 heterocycles. The molecule has 0 saturated carbocycles. The fraction of sp³-hybridized carbons (Fsp3) is 0.350. The number of nitrogens with one attached hydrogen (secondary N) is 1. The molecule has 1 aliphatic heterocycles. The number of nitrogens with two attached hydrogens (primary N) is 1. The van der Waals surface area contributed by atoms with Gasteiger partial charge in [-0.1, -0.05) is 0 Å². The number of aromatic nitrogens is 6. The van der Waals surface area contributed by atoms with Gasteiger partial charge < -0.3 is 14.5 Å². The van der Waals surface area contributed by atoms with Crippen LogP contribution in [0.5, 0.6) is 11.8 Å². The van der Waals surface area contributed by atoms with Gasteiger partial charge in [0.1, 0.15) is 5.65 Å². The Bertz CT molecular complexity index is 1310. The van der Waals surface area contributed by atoms with E-state index in [9.17, 15) is 13.0 Å². The summed E-state index contributed by atoms with van der Waals surface area (Å²) in [4.78, 5) is 7.72. The maximum absolute atomic E-state index is 13.0. The van der Waals surface area contributed by atoms with Crippen molar-refractivity contribution in [3.63, 3.8) is 0 Å². The van der Waals surface area contributed by atoms with Crippen molar-refractivity contribution in [3.8, 4) is 34.1 Å². The third-order valence-corrected chi connectivity index (χ3v) is 4.92. The molecule has 176 valence electrons. The molecule has 0 spiro atoms. The Morgan fingerprint density at radius 2 is 2.09 bits per heavy atom. The maximum atomic E-state index is 13.0. The summed E-state index contributed by atoms with van der Waals surface area (Å²) in [7, 11) is 0.546. The summed E-state index contributed by atoms with van der Waals surface area (Å²) in [5.74, 6) is 0.509. The molecule has 1 aliphatic rings. The van der Waals surface area contributed by atoms with Gasteiger partial charge in [-0.3, -0.25) is 9.82 Å². The first kappa shape index (κ1) is 22.9. The SMILES string of the molecule is CS(N)=O.Cc1nn2c(c1-c1[nH]c3ncccc3c1-c1cn(C)nc1OC(F)F)OCCC2. The Morgan fingerprint density at radius 1 is 1.33 bits per heavy atom. The summed E-state index contributed by atoms with van der Waals surface area (Å²) in [6.45, 7) is 0.270. The number of alkyl halides is 2. The Balaban J connectivity index is 0.000000601. The summed E-state index contributed by atoms with van der Waals surface area (Å²) in [6, 6.07) is 3.67. The van der Waals surface area contributed by atoms with E-state index in [2.05, 4.69) is 25.3 Å². The highest BCUT2D eigenvalue weighted by Gasteiger charge is 2.29. The van der Waals surface area contributed by atoms with E-state index in [1.165, 1.54) is 10.9 Å². The summed E-state index contributed by atoms with van der Waals surface area (Å²) in [6.07, 6.45) is 5.62. The highest BCUT2D eigenvalue weighted by molar-refractivity contribution is 7.81. The number of H-pyrrole nitrogens is 1. The van der Waals surface area contributed by atoms with Crippen molar-refractivity contribution in [2.75, 3.05) is 12.9 Å². The summed E-state index contributed by atoms with van der Waals surface area (Å²) >= 11 is 0. The molecule has 10 nitrogen and oxygen atoms in total. The summed E-state index contributed by atoms with van der Waals surface area (Å²) in [5, 5.41) is 14.0. The second-order valence-electron chi connectivity index (χ2n) is 7.36. The lowest BCUT2D eigenvalue weighted by Gasteiger charge is -2.16. The minimum absolute atomic E-state index is 0.145. The van der Waals surface area contributed by atoms with Crippen molar-refractivity contribution in [2.24, 2.45) is 12.2 Å². The van der Waals surface area contributed by atoms with E-state index >= 15 is 0 Å². The van der Waals surface area contributed by atoms with E-state index in [-0.39, 0.29) is 5.88 Å². The molecule has 0 aromatic carbocycles. The van der Waals surface area contributed by atoms with Gasteiger partial charge >= 0.3 is 6.61 Å². The van der Waals surface area contributed by atoms with Gasteiger partial charge in [-0.15, -0.1) is 5.10 Å². The lowest BCUT2D eigenvalue weighted by atomic mass is 10.0. The van der Waals surface area contributed by atoms with E-state index < -0.39 is 17.6 Å². The number of ether oxygens (including phenoxy) is 2.